The fraction of sp³-hybridized carbons (Fsp3) is 0.235. The fourth-order valence-corrected chi connectivity index (χ4v) is 2.19. The van der Waals surface area contributed by atoms with E-state index in [4.69, 9.17) is 15.2 Å². The first-order valence-corrected chi connectivity index (χ1v) is 6.62. The van der Waals surface area contributed by atoms with Gasteiger partial charge in [0.05, 0.1) is 19.8 Å². The number of Topliss-reactive ketones (excluding diaryl/α,β-unsaturated/α-hetero) is 1. The molecule has 0 spiro atoms. The van der Waals surface area contributed by atoms with Crippen LogP contribution in [0.15, 0.2) is 48.5 Å². The molecule has 0 aliphatic heterocycles. The van der Waals surface area contributed by atoms with Crippen LogP contribution >= 0.6 is 0 Å². The van der Waals surface area contributed by atoms with E-state index in [1.54, 1.807) is 32.2 Å². The van der Waals surface area contributed by atoms with Crippen LogP contribution < -0.4 is 15.2 Å². The molecule has 0 aliphatic rings. The Morgan fingerprint density at radius 1 is 1.05 bits per heavy atom. The summed E-state index contributed by atoms with van der Waals surface area (Å²) in [6.07, 6.45) is 0. The van der Waals surface area contributed by atoms with Gasteiger partial charge in [-0.05, 0) is 30.7 Å². The summed E-state index contributed by atoms with van der Waals surface area (Å²) in [5, 5.41) is 0. The standard InChI is InChI=1S/C17H19NO3/c1-17(18,12-7-5-4-6-8-12)16(19)14-11-13(20-2)9-10-15(14)21-3/h4-11H,18H2,1-3H3. The van der Waals surface area contributed by atoms with Gasteiger partial charge in [-0.25, -0.2) is 0 Å². The molecule has 0 saturated carbocycles. The molecule has 1 unspecified atom stereocenters. The quantitative estimate of drug-likeness (QED) is 0.858. The molecule has 0 aliphatic carbocycles. The first-order valence-electron chi connectivity index (χ1n) is 6.62. The Bertz CT molecular complexity index is 636. The summed E-state index contributed by atoms with van der Waals surface area (Å²) in [5.74, 6) is 0.848. The highest BCUT2D eigenvalue weighted by atomic mass is 16.5. The second-order valence-electron chi connectivity index (χ2n) is 4.96. The van der Waals surface area contributed by atoms with E-state index in [0.29, 0.717) is 17.1 Å². The monoisotopic (exact) mass is 285 g/mol. The van der Waals surface area contributed by atoms with Crippen molar-refractivity contribution < 1.29 is 14.3 Å². The summed E-state index contributed by atoms with van der Waals surface area (Å²) in [6.45, 7) is 1.70. The van der Waals surface area contributed by atoms with Crippen molar-refractivity contribution in [2.75, 3.05) is 14.2 Å². The van der Waals surface area contributed by atoms with E-state index in [1.165, 1.54) is 7.11 Å². The molecule has 0 heterocycles. The number of nitrogens with two attached hydrogens (primary N) is 1. The van der Waals surface area contributed by atoms with Gasteiger partial charge in [-0.3, -0.25) is 4.79 Å². The zero-order valence-corrected chi connectivity index (χ0v) is 12.4. The third-order valence-electron chi connectivity index (χ3n) is 3.50. The van der Waals surface area contributed by atoms with Crippen molar-refractivity contribution in [1.29, 1.82) is 0 Å². The minimum Gasteiger partial charge on any atom is -0.497 e. The predicted molar refractivity (Wildman–Crippen MR) is 81.9 cm³/mol. The van der Waals surface area contributed by atoms with Crippen molar-refractivity contribution in [2.45, 2.75) is 12.5 Å². The van der Waals surface area contributed by atoms with E-state index < -0.39 is 5.54 Å². The van der Waals surface area contributed by atoms with E-state index in [0.717, 1.165) is 5.56 Å². The van der Waals surface area contributed by atoms with Gasteiger partial charge < -0.3 is 15.2 Å². The SMILES string of the molecule is COc1ccc(OC)c(C(=O)C(C)(N)c2ccccc2)c1. The number of rotatable bonds is 5. The smallest absolute Gasteiger partial charge is 0.190 e. The number of ketones is 1. The average molecular weight is 285 g/mol. The van der Waals surface area contributed by atoms with Crippen LogP contribution in [0.3, 0.4) is 0 Å². The number of methoxy groups -OCH3 is 2. The van der Waals surface area contributed by atoms with Crippen molar-refractivity contribution in [3.63, 3.8) is 0 Å². The van der Waals surface area contributed by atoms with Crippen LogP contribution in [0.4, 0.5) is 0 Å². The van der Waals surface area contributed by atoms with E-state index in [9.17, 15) is 4.79 Å². The van der Waals surface area contributed by atoms with Crippen molar-refractivity contribution in [1.82, 2.24) is 0 Å². The lowest BCUT2D eigenvalue weighted by Crippen LogP contribution is -2.42. The Labute approximate surface area is 124 Å². The molecule has 110 valence electrons. The van der Waals surface area contributed by atoms with Gasteiger partial charge in [0.2, 0.25) is 0 Å². The maximum atomic E-state index is 12.9. The molecule has 2 aromatic carbocycles. The van der Waals surface area contributed by atoms with Crippen LogP contribution in [0.25, 0.3) is 0 Å². The van der Waals surface area contributed by atoms with Crippen molar-refractivity contribution in [3.8, 4) is 11.5 Å². The highest BCUT2D eigenvalue weighted by Crippen LogP contribution is 2.30. The predicted octanol–water partition coefficient (Wildman–Crippen LogP) is 2.76. The van der Waals surface area contributed by atoms with Crippen LogP contribution in [0.2, 0.25) is 0 Å². The number of ether oxygens (including phenoxy) is 2. The van der Waals surface area contributed by atoms with Crippen LogP contribution in [-0.2, 0) is 5.54 Å². The third kappa shape index (κ3) is 2.90. The van der Waals surface area contributed by atoms with Crippen LogP contribution in [-0.4, -0.2) is 20.0 Å². The summed E-state index contributed by atoms with van der Waals surface area (Å²) in [5.41, 5.74) is 6.30. The van der Waals surface area contributed by atoms with Crippen LogP contribution in [0.1, 0.15) is 22.8 Å². The van der Waals surface area contributed by atoms with Gasteiger partial charge in [-0.2, -0.15) is 0 Å². The van der Waals surface area contributed by atoms with Crippen LogP contribution in [0.5, 0.6) is 11.5 Å². The topological polar surface area (TPSA) is 61.5 Å². The van der Waals surface area contributed by atoms with E-state index in [-0.39, 0.29) is 5.78 Å². The summed E-state index contributed by atoms with van der Waals surface area (Å²) in [6, 6.07) is 14.4. The normalized spacial score (nSPS) is 13.3. The Morgan fingerprint density at radius 3 is 2.29 bits per heavy atom. The molecular weight excluding hydrogens is 266 g/mol. The molecule has 0 saturated heterocycles. The molecule has 2 N–H and O–H groups in total. The highest BCUT2D eigenvalue weighted by molar-refractivity contribution is 6.05. The van der Waals surface area contributed by atoms with Gasteiger partial charge in [-0.15, -0.1) is 0 Å². The second-order valence-corrected chi connectivity index (χ2v) is 4.96. The van der Waals surface area contributed by atoms with Crippen molar-refractivity contribution in [3.05, 3.63) is 59.7 Å². The first kappa shape index (κ1) is 15.1. The number of carbonyl (C=O) groups excluding carboxylic acids is 1. The molecule has 1 atom stereocenters. The molecule has 0 amide bonds. The molecule has 4 heteroatoms. The summed E-state index contributed by atoms with van der Waals surface area (Å²) in [4.78, 5) is 12.9. The largest absolute Gasteiger partial charge is 0.497 e. The van der Waals surface area contributed by atoms with Gasteiger partial charge in [0, 0.05) is 0 Å². The number of benzene rings is 2. The van der Waals surface area contributed by atoms with E-state index in [1.807, 2.05) is 30.3 Å². The van der Waals surface area contributed by atoms with Crippen molar-refractivity contribution in [2.24, 2.45) is 5.73 Å². The van der Waals surface area contributed by atoms with Crippen molar-refractivity contribution >= 4 is 5.78 Å². The summed E-state index contributed by atoms with van der Waals surface area (Å²) in [7, 11) is 3.07. The number of carbonyl (C=O) groups is 1. The highest BCUT2D eigenvalue weighted by Gasteiger charge is 2.33. The number of hydrogen-bond donors (Lipinski definition) is 1. The summed E-state index contributed by atoms with van der Waals surface area (Å²) >= 11 is 0. The Kier molecular flexibility index (Phi) is 4.29. The first-order chi connectivity index (χ1) is 10.0. The van der Waals surface area contributed by atoms with E-state index in [2.05, 4.69) is 0 Å². The zero-order chi connectivity index (χ0) is 15.5. The molecule has 2 aromatic rings. The van der Waals surface area contributed by atoms with Gasteiger partial charge >= 0.3 is 0 Å². The maximum absolute atomic E-state index is 12.9. The molecule has 0 aromatic heterocycles. The molecular formula is C17H19NO3. The van der Waals surface area contributed by atoms with Gasteiger partial charge in [0.15, 0.2) is 5.78 Å². The summed E-state index contributed by atoms with van der Waals surface area (Å²) < 4.78 is 10.4. The van der Waals surface area contributed by atoms with Gasteiger partial charge in [0.1, 0.15) is 17.0 Å². The third-order valence-corrected chi connectivity index (χ3v) is 3.50. The molecule has 21 heavy (non-hydrogen) atoms. The van der Waals surface area contributed by atoms with E-state index >= 15 is 0 Å². The Balaban J connectivity index is 2.48. The lowest BCUT2D eigenvalue weighted by molar-refractivity contribution is 0.0896. The van der Waals surface area contributed by atoms with Gasteiger partial charge in [0.25, 0.3) is 0 Å². The molecule has 0 bridgehead atoms. The minimum absolute atomic E-state index is 0.218. The number of hydrogen-bond acceptors (Lipinski definition) is 4. The lowest BCUT2D eigenvalue weighted by atomic mass is 9.85. The van der Waals surface area contributed by atoms with Gasteiger partial charge in [-0.1, -0.05) is 30.3 Å². The second kappa shape index (κ2) is 5.97. The zero-order valence-electron chi connectivity index (χ0n) is 12.4. The fourth-order valence-electron chi connectivity index (χ4n) is 2.19. The maximum Gasteiger partial charge on any atom is 0.190 e. The molecule has 0 fully saturated rings. The minimum atomic E-state index is -1.14. The molecule has 2 rings (SSSR count). The average Bonchev–Trinajstić information content (AvgIpc) is 2.54. The Hall–Kier alpha value is -2.33. The van der Waals surface area contributed by atoms with Crippen LogP contribution in [0, 0.1) is 0 Å². The lowest BCUT2D eigenvalue weighted by Gasteiger charge is -2.24. The Morgan fingerprint density at radius 2 is 1.71 bits per heavy atom. The molecule has 4 nitrogen and oxygen atoms in total. The molecule has 0 radical (unpaired) electrons.